The molecule has 1 aliphatic heterocycles. The van der Waals surface area contributed by atoms with Crippen LogP contribution in [0, 0.1) is 0 Å². The van der Waals surface area contributed by atoms with Gasteiger partial charge in [-0.25, -0.2) is 9.79 Å². The fourth-order valence-corrected chi connectivity index (χ4v) is 4.10. The van der Waals surface area contributed by atoms with E-state index in [1.54, 1.807) is 32.0 Å². The molecule has 1 heterocycles. The van der Waals surface area contributed by atoms with Gasteiger partial charge in [0.05, 0.1) is 26.5 Å². The molecule has 168 valence electrons. The largest absolute Gasteiger partial charge is 0.402 e. The molecule has 3 nitrogen and oxygen atoms in total. The normalized spacial score (nSPS) is 15.2. The minimum Gasteiger partial charge on any atom is -0.402 e. The molecule has 0 bridgehead atoms. The standard InChI is InChI=1S/C22H14BrCl3F3NO2/c1-10(2)19-21(31)32-20(30-19)13-5-3-11(7-15(13)23)4-6-14(22(27,28)29)12-8-16(24)18(26)17(25)9-12/h3-9,14H,1-2H3. The van der Waals surface area contributed by atoms with E-state index in [1.807, 2.05) is 0 Å². The number of alkyl halides is 3. The average Bonchev–Trinajstić information content (AvgIpc) is 3.07. The smallest absolute Gasteiger partial charge is 0.399 e. The van der Waals surface area contributed by atoms with E-state index in [4.69, 9.17) is 39.5 Å². The number of allylic oxidation sites excluding steroid dienone is 2. The first-order valence-electron chi connectivity index (χ1n) is 9.06. The topological polar surface area (TPSA) is 38.7 Å². The highest BCUT2D eigenvalue weighted by Crippen LogP contribution is 2.41. The molecular formula is C22H14BrCl3F3NO2. The third kappa shape index (κ3) is 5.39. The van der Waals surface area contributed by atoms with Gasteiger partial charge in [-0.3, -0.25) is 0 Å². The fraction of sp³-hybridized carbons (Fsp3) is 0.182. The molecule has 1 aliphatic rings. The van der Waals surface area contributed by atoms with Gasteiger partial charge in [0, 0.05) is 4.47 Å². The van der Waals surface area contributed by atoms with E-state index < -0.39 is 18.1 Å². The highest BCUT2D eigenvalue weighted by atomic mass is 79.9. The van der Waals surface area contributed by atoms with E-state index in [0.29, 0.717) is 21.2 Å². The van der Waals surface area contributed by atoms with Crippen molar-refractivity contribution in [3.63, 3.8) is 0 Å². The average molecular weight is 568 g/mol. The Bertz CT molecular complexity index is 1160. The summed E-state index contributed by atoms with van der Waals surface area (Å²) in [6, 6.07) is 7.07. The van der Waals surface area contributed by atoms with Crippen LogP contribution in [0.4, 0.5) is 13.2 Å². The Balaban J connectivity index is 1.93. The third-order valence-corrected chi connectivity index (χ3v) is 6.35. The Morgan fingerprint density at radius 3 is 2.25 bits per heavy atom. The minimum atomic E-state index is -4.58. The molecule has 32 heavy (non-hydrogen) atoms. The Labute approximate surface area is 205 Å². The molecule has 0 aromatic heterocycles. The molecule has 0 saturated carbocycles. The maximum Gasteiger partial charge on any atom is 0.399 e. The molecule has 0 amide bonds. The molecule has 0 spiro atoms. The van der Waals surface area contributed by atoms with Crippen LogP contribution in [0.2, 0.25) is 15.1 Å². The molecular weight excluding hydrogens is 554 g/mol. The fourth-order valence-electron chi connectivity index (χ4n) is 2.92. The van der Waals surface area contributed by atoms with Crippen LogP contribution in [-0.2, 0) is 9.53 Å². The summed E-state index contributed by atoms with van der Waals surface area (Å²) in [6.45, 7) is 3.48. The van der Waals surface area contributed by atoms with Gasteiger partial charge >= 0.3 is 12.1 Å². The highest BCUT2D eigenvalue weighted by Gasteiger charge is 2.39. The zero-order valence-electron chi connectivity index (χ0n) is 16.5. The van der Waals surface area contributed by atoms with Crippen molar-refractivity contribution in [1.82, 2.24) is 0 Å². The molecule has 0 fully saturated rings. The molecule has 2 aromatic carbocycles. The van der Waals surface area contributed by atoms with Crippen LogP contribution in [0.5, 0.6) is 0 Å². The molecule has 0 radical (unpaired) electrons. The number of hydrogen-bond donors (Lipinski definition) is 0. The predicted octanol–water partition coefficient (Wildman–Crippen LogP) is 8.37. The highest BCUT2D eigenvalue weighted by molar-refractivity contribution is 9.10. The van der Waals surface area contributed by atoms with Gasteiger partial charge in [0.2, 0.25) is 5.90 Å². The molecule has 2 aromatic rings. The van der Waals surface area contributed by atoms with Gasteiger partial charge in [0.15, 0.2) is 5.70 Å². The summed E-state index contributed by atoms with van der Waals surface area (Å²) in [7, 11) is 0. The molecule has 0 N–H and O–H groups in total. The molecule has 1 atom stereocenters. The second-order valence-electron chi connectivity index (χ2n) is 7.07. The predicted molar refractivity (Wildman–Crippen MR) is 124 cm³/mol. The van der Waals surface area contributed by atoms with Crippen molar-refractivity contribution >= 4 is 68.7 Å². The number of cyclic esters (lactones) is 1. The summed E-state index contributed by atoms with van der Waals surface area (Å²) in [5.74, 6) is -2.38. The van der Waals surface area contributed by atoms with E-state index in [0.717, 1.165) is 18.2 Å². The van der Waals surface area contributed by atoms with Crippen molar-refractivity contribution in [3.05, 3.63) is 83.9 Å². The number of halogens is 7. The molecule has 3 rings (SSSR count). The van der Waals surface area contributed by atoms with E-state index in [2.05, 4.69) is 20.9 Å². The zero-order valence-corrected chi connectivity index (χ0v) is 20.4. The van der Waals surface area contributed by atoms with Crippen LogP contribution in [0.25, 0.3) is 6.08 Å². The Kier molecular flexibility index (Phi) is 7.44. The van der Waals surface area contributed by atoms with Crippen molar-refractivity contribution in [2.45, 2.75) is 25.9 Å². The number of benzene rings is 2. The monoisotopic (exact) mass is 565 g/mol. The molecule has 1 unspecified atom stereocenters. The number of aliphatic imine (C=N–C) groups is 1. The van der Waals surface area contributed by atoms with Crippen LogP contribution in [0.15, 0.2) is 57.1 Å². The Morgan fingerprint density at radius 2 is 1.75 bits per heavy atom. The first-order valence-corrected chi connectivity index (χ1v) is 11.0. The van der Waals surface area contributed by atoms with Crippen molar-refractivity contribution in [3.8, 4) is 0 Å². The summed E-state index contributed by atoms with van der Waals surface area (Å²) >= 11 is 21.0. The van der Waals surface area contributed by atoms with Crippen LogP contribution >= 0.6 is 50.7 Å². The molecule has 0 aliphatic carbocycles. The second-order valence-corrected chi connectivity index (χ2v) is 9.12. The van der Waals surface area contributed by atoms with Crippen molar-refractivity contribution in [2.24, 2.45) is 4.99 Å². The second kappa shape index (κ2) is 9.59. The SMILES string of the molecule is CC(C)=C1N=C(c2ccc(C=CC(c3cc(Cl)c(Cl)c(Cl)c3)C(F)(F)F)cc2Br)OC1=O. The zero-order chi connectivity index (χ0) is 23.8. The third-order valence-electron chi connectivity index (χ3n) is 4.49. The van der Waals surface area contributed by atoms with Crippen LogP contribution < -0.4 is 0 Å². The van der Waals surface area contributed by atoms with E-state index in [1.165, 1.54) is 6.08 Å². The maximum atomic E-state index is 13.7. The summed E-state index contributed by atoms with van der Waals surface area (Å²) in [5, 5.41) is -0.133. The lowest BCUT2D eigenvalue weighted by molar-refractivity contribution is -0.139. The van der Waals surface area contributed by atoms with Gasteiger partial charge in [0.25, 0.3) is 0 Å². The Hall–Kier alpha value is -1.80. The quantitative estimate of drug-likeness (QED) is 0.212. The number of esters is 1. The maximum absolute atomic E-state index is 13.7. The number of carbonyl (C=O) groups excluding carboxylic acids is 1. The number of carbonyl (C=O) groups is 1. The minimum absolute atomic E-state index is 0.00620. The van der Waals surface area contributed by atoms with Gasteiger partial charge in [-0.05, 0) is 70.7 Å². The van der Waals surface area contributed by atoms with Crippen LogP contribution in [0.3, 0.4) is 0 Å². The lowest BCUT2D eigenvalue weighted by atomic mass is 9.97. The number of hydrogen-bond acceptors (Lipinski definition) is 3. The van der Waals surface area contributed by atoms with Gasteiger partial charge in [-0.2, -0.15) is 13.2 Å². The summed E-state index contributed by atoms with van der Waals surface area (Å²) < 4.78 is 46.8. The first-order chi connectivity index (χ1) is 14.9. The molecule has 0 saturated heterocycles. The number of nitrogens with zero attached hydrogens (tertiary/aromatic N) is 1. The van der Waals surface area contributed by atoms with Gasteiger partial charge in [-0.1, -0.05) is 53.0 Å². The van der Waals surface area contributed by atoms with Gasteiger partial charge in [-0.15, -0.1) is 0 Å². The van der Waals surface area contributed by atoms with E-state index in [9.17, 15) is 18.0 Å². The lowest BCUT2D eigenvalue weighted by Gasteiger charge is -2.18. The van der Waals surface area contributed by atoms with Gasteiger partial charge < -0.3 is 4.74 Å². The van der Waals surface area contributed by atoms with E-state index >= 15 is 0 Å². The molecule has 10 heteroatoms. The van der Waals surface area contributed by atoms with Crippen molar-refractivity contribution in [1.29, 1.82) is 0 Å². The lowest BCUT2D eigenvalue weighted by Crippen LogP contribution is -2.19. The van der Waals surface area contributed by atoms with Crippen LogP contribution in [-0.4, -0.2) is 18.0 Å². The summed E-state index contributed by atoms with van der Waals surface area (Å²) in [4.78, 5) is 16.1. The Morgan fingerprint density at radius 1 is 1.12 bits per heavy atom. The van der Waals surface area contributed by atoms with Crippen molar-refractivity contribution in [2.75, 3.05) is 0 Å². The summed E-state index contributed by atoms with van der Waals surface area (Å²) in [5.41, 5.74) is 1.78. The van der Waals surface area contributed by atoms with Crippen molar-refractivity contribution < 1.29 is 22.7 Å². The first kappa shape index (κ1) is 24.8. The summed E-state index contributed by atoms with van der Waals surface area (Å²) in [6.07, 6.45) is -2.25. The van der Waals surface area contributed by atoms with Gasteiger partial charge in [0.1, 0.15) is 0 Å². The van der Waals surface area contributed by atoms with E-state index in [-0.39, 0.29) is 32.2 Å². The number of ether oxygens (including phenoxy) is 1. The number of rotatable bonds is 4. The van der Waals surface area contributed by atoms with Crippen LogP contribution in [0.1, 0.15) is 36.5 Å².